The van der Waals surface area contributed by atoms with Crippen LogP contribution < -0.4 is 5.32 Å². The van der Waals surface area contributed by atoms with Gasteiger partial charge in [-0.25, -0.2) is 4.79 Å². The first kappa shape index (κ1) is 15.6. The first-order valence-electron chi connectivity index (χ1n) is 8.68. The molecule has 124 valence electrons. The minimum Gasteiger partial charge on any atom is -0.342 e. The molecule has 0 aromatic rings. The molecule has 0 spiro atoms. The molecule has 1 N–H and O–H groups in total. The standard InChI is InChI=1S/C16H28N4O2/c1-13-4-8-19(9-5-13)15(21)12-18-7-2-3-14(11-18)20-10-6-17-16(20)22/h13-14H,2-12H2,1H3,(H,17,22)/t14-/m0/s1. The van der Waals surface area contributed by atoms with E-state index in [-0.39, 0.29) is 18.0 Å². The summed E-state index contributed by atoms with van der Waals surface area (Å²) in [6.45, 7) is 7.96. The fourth-order valence-corrected chi connectivity index (χ4v) is 3.81. The van der Waals surface area contributed by atoms with Crippen molar-refractivity contribution in [3.8, 4) is 0 Å². The summed E-state index contributed by atoms with van der Waals surface area (Å²) in [7, 11) is 0. The van der Waals surface area contributed by atoms with Crippen LogP contribution in [0.1, 0.15) is 32.6 Å². The second kappa shape index (κ2) is 6.86. The molecule has 3 aliphatic rings. The smallest absolute Gasteiger partial charge is 0.317 e. The number of nitrogens with one attached hydrogen (secondary N) is 1. The van der Waals surface area contributed by atoms with Crippen molar-refractivity contribution < 1.29 is 9.59 Å². The molecule has 6 heteroatoms. The largest absolute Gasteiger partial charge is 0.342 e. The van der Waals surface area contributed by atoms with Crippen molar-refractivity contribution in [3.05, 3.63) is 0 Å². The van der Waals surface area contributed by atoms with Gasteiger partial charge in [0.25, 0.3) is 0 Å². The van der Waals surface area contributed by atoms with Crippen LogP contribution >= 0.6 is 0 Å². The van der Waals surface area contributed by atoms with Crippen LogP contribution in [0.15, 0.2) is 0 Å². The third-order valence-electron chi connectivity index (χ3n) is 5.31. The Labute approximate surface area is 132 Å². The summed E-state index contributed by atoms with van der Waals surface area (Å²) in [4.78, 5) is 30.5. The molecule has 3 amide bonds. The molecule has 3 aliphatic heterocycles. The molecule has 22 heavy (non-hydrogen) atoms. The van der Waals surface area contributed by atoms with Crippen molar-refractivity contribution in [2.75, 3.05) is 45.8 Å². The zero-order chi connectivity index (χ0) is 15.5. The number of amides is 3. The minimum absolute atomic E-state index is 0.0585. The Kier molecular flexibility index (Phi) is 4.86. The van der Waals surface area contributed by atoms with E-state index in [9.17, 15) is 9.59 Å². The van der Waals surface area contributed by atoms with Crippen molar-refractivity contribution in [2.24, 2.45) is 5.92 Å². The Bertz CT molecular complexity index is 420. The lowest BCUT2D eigenvalue weighted by atomic mass is 9.99. The molecular formula is C16H28N4O2. The van der Waals surface area contributed by atoms with E-state index in [1.165, 1.54) is 0 Å². The highest BCUT2D eigenvalue weighted by Gasteiger charge is 2.32. The Hall–Kier alpha value is -1.30. The lowest BCUT2D eigenvalue weighted by Gasteiger charge is -2.38. The molecule has 0 aliphatic carbocycles. The van der Waals surface area contributed by atoms with Gasteiger partial charge in [-0.2, -0.15) is 0 Å². The monoisotopic (exact) mass is 308 g/mol. The topological polar surface area (TPSA) is 55.9 Å². The van der Waals surface area contributed by atoms with Gasteiger partial charge in [0.2, 0.25) is 5.91 Å². The summed E-state index contributed by atoms with van der Waals surface area (Å²) in [5, 5.41) is 2.87. The van der Waals surface area contributed by atoms with E-state index in [1.54, 1.807) is 0 Å². The van der Waals surface area contributed by atoms with E-state index in [0.717, 1.165) is 70.9 Å². The molecule has 0 aromatic heterocycles. The second-order valence-electron chi connectivity index (χ2n) is 7.02. The van der Waals surface area contributed by atoms with E-state index in [2.05, 4.69) is 17.1 Å². The first-order chi connectivity index (χ1) is 10.6. The summed E-state index contributed by atoms with van der Waals surface area (Å²) in [6.07, 6.45) is 4.38. The van der Waals surface area contributed by atoms with Crippen molar-refractivity contribution in [2.45, 2.75) is 38.6 Å². The zero-order valence-electron chi connectivity index (χ0n) is 13.6. The van der Waals surface area contributed by atoms with Crippen LogP contribution in [0, 0.1) is 5.92 Å². The number of hydrogen-bond acceptors (Lipinski definition) is 3. The summed E-state index contributed by atoms with van der Waals surface area (Å²) in [6, 6.07) is 0.327. The number of nitrogens with zero attached hydrogens (tertiary/aromatic N) is 3. The number of likely N-dealkylation sites (tertiary alicyclic amines) is 2. The predicted molar refractivity (Wildman–Crippen MR) is 84.5 cm³/mol. The van der Waals surface area contributed by atoms with Crippen molar-refractivity contribution in [3.63, 3.8) is 0 Å². The van der Waals surface area contributed by atoms with Gasteiger partial charge < -0.3 is 15.1 Å². The van der Waals surface area contributed by atoms with Crippen LogP contribution in [-0.2, 0) is 4.79 Å². The minimum atomic E-state index is 0.0585. The molecule has 3 fully saturated rings. The van der Waals surface area contributed by atoms with E-state index in [0.29, 0.717) is 6.54 Å². The van der Waals surface area contributed by atoms with Gasteiger partial charge in [0.1, 0.15) is 0 Å². The summed E-state index contributed by atoms with van der Waals surface area (Å²) >= 11 is 0. The van der Waals surface area contributed by atoms with E-state index in [1.807, 2.05) is 9.80 Å². The fourth-order valence-electron chi connectivity index (χ4n) is 3.81. The van der Waals surface area contributed by atoms with Gasteiger partial charge in [-0.1, -0.05) is 6.92 Å². The fraction of sp³-hybridized carbons (Fsp3) is 0.875. The van der Waals surface area contributed by atoms with Crippen LogP contribution in [0.4, 0.5) is 4.79 Å². The highest BCUT2D eigenvalue weighted by Crippen LogP contribution is 2.19. The molecule has 0 radical (unpaired) electrons. The molecule has 1 atom stereocenters. The van der Waals surface area contributed by atoms with Crippen LogP contribution in [0.25, 0.3) is 0 Å². The van der Waals surface area contributed by atoms with Crippen LogP contribution in [0.2, 0.25) is 0 Å². The summed E-state index contributed by atoms with van der Waals surface area (Å²) < 4.78 is 0. The highest BCUT2D eigenvalue weighted by atomic mass is 16.2. The lowest BCUT2D eigenvalue weighted by Crippen LogP contribution is -2.52. The van der Waals surface area contributed by atoms with Gasteiger partial charge in [-0.3, -0.25) is 9.69 Å². The average molecular weight is 308 g/mol. The number of rotatable bonds is 3. The Balaban J connectivity index is 1.49. The van der Waals surface area contributed by atoms with Gasteiger partial charge in [0.15, 0.2) is 0 Å². The van der Waals surface area contributed by atoms with Crippen LogP contribution in [-0.4, -0.2) is 78.5 Å². The third kappa shape index (κ3) is 3.54. The SMILES string of the molecule is CC1CCN(C(=O)CN2CCC[C@H](N3CCNC3=O)C2)CC1. The first-order valence-corrected chi connectivity index (χ1v) is 8.68. The van der Waals surface area contributed by atoms with Crippen molar-refractivity contribution >= 4 is 11.9 Å². The van der Waals surface area contributed by atoms with Gasteiger partial charge >= 0.3 is 6.03 Å². The normalized spacial score (nSPS) is 28.0. The molecule has 3 saturated heterocycles. The molecule has 0 aromatic carbocycles. The quantitative estimate of drug-likeness (QED) is 0.836. The Morgan fingerprint density at radius 2 is 1.95 bits per heavy atom. The number of hydrogen-bond donors (Lipinski definition) is 1. The van der Waals surface area contributed by atoms with Gasteiger partial charge in [-0.05, 0) is 38.1 Å². The van der Waals surface area contributed by atoms with E-state index >= 15 is 0 Å². The molecule has 6 nitrogen and oxygen atoms in total. The van der Waals surface area contributed by atoms with E-state index < -0.39 is 0 Å². The number of carbonyl (C=O) groups is 2. The second-order valence-corrected chi connectivity index (χ2v) is 7.02. The Morgan fingerprint density at radius 1 is 1.18 bits per heavy atom. The van der Waals surface area contributed by atoms with Crippen molar-refractivity contribution in [1.29, 1.82) is 0 Å². The maximum atomic E-state index is 12.5. The molecule has 0 bridgehead atoms. The van der Waals surface area contributed by atoms with Crippen molar-refractivity contribution in [1.82, 2.24) is 20.0 Å². The van der Waals surface area contributed by atoms with Gasteiger partial charge in [0.05, 0.1) is 6.54 Å². The molecule has 0 unspecified atom stereocenters. The predicted octanol–water partition coefficient (Wildman–Crippen LogP) is 0.735. The zero-order valence-corrected chi connectivity index (χ0v) is 13.6. The Morgan fingerprint density at radius 3 is 2.64 bits per heavy atom. The van der Waals surface area contributed by atoms with E-state index in [4.69, 9.17) is 0 Å². The summed E-state index contributed by atoms with van der Waals surface area (Å²) in [5.41, 5.74) is 0. The van der Waals surface area contributed by atoms with Crippen LogP contribution in [0.5, 0.6) is 0 Å². The maximum absolute atomic E-state index is 12.5. The summed E-state index contributed by atoms with van der Waals surface area (Å²) in [5.74, 6) is 1.01. The van der Waals surface area contributed by atoms with Gasteiger partial charge in [0, 0.05) is 38.8 Å². The molecular weight excluding hydrogens is 280 g/mol. The number of carbonyl (C=O) groups excluding carboxylic acids is 2. The van der Waals surface area contributed by atoms with Gasteiger partial charge in [-0.15, -0.1) is 0 Å². The third-order valence-corrected chi connectivity index (χ3v) is 5.31. The highest BCUT2D eigenvalue weighted by molar-refractivity contribution is 5.78. The lowest BCUT2D eigenvalue weighted by molar-refractivity contribution is -0.134. The maximum Gasteiger partial charge on any atom is 0.317 e. The molecule has 3 rings (SSSR count). The van der Waals surface area contributed by atoms with Crippen LogP contribution in [0.3, 0.4) is 0 Å². The number of piperidine rings is 2. The molecule has 0 saturated carbocycles. The average Bonchev–Trinajstić information content (AvgIpc) is 2.94. The number of urea groups is 1. The molecule has 3 heterocycles.